The molecule has 0 aliphatic heterocycles. The zero-order valence-corrected chi connectivity index (χ0v) is 20.4. The number of carbonyl (C=O) groups excluding carboxylic acids is 2. The van der Waals surface area contributed by atoms with Crippen LogP contribution < -0.4 is 10.6 Å². The molecule has 2 fully saturated rings. The number of hydrogen-bond donors (Lipinski definition) is 4. The van der Waals surface area contributed by atoms with Crippen LogP contribution in [0.1, 0.15) is 82.7 Å². The van der Waals surface area contributed by atoms with E-state index >= 15 is 0 Å². The summed E-state index contributed by atoms with van der Waals surface area (Å²) in [7, 11) is 0. The lowest BCUT2D eigenvalue weighted by molar-refractivity contribution is -0.144. The van der Waals surface area contributed by atoms with Gasteiger partial charge in [0, 0.05) is 34.6 Å². The van der Waals surface area contributed by atoms with E-state index in [1.807, 2.05) is 20.8 Å². The normalized spacial score (nSPS) is 34.4. The number of anilines is 1. The maximum absolute atomic E-state index is 12.9. The topological polar surface area (TPSA) is 112 Å². The van der Waals surface area contributed by atoms with Crippen molar-refractivity contribution in [3.05, 3.63) is 10.6 Å². The minimum atomic E-state index is -0.642. The largest absolute Gasteiger partial charge is 0.396 e. The number of nitrogens with one attached hydrogen (secondary N) is 2. The summed E-state index contributed by atoms with van der Waals surface area (Å²) in [6, 6.07) is 0.0535. The highest BCUT2D eigenvalue weighted by molar-refractivity contribution is 7.15. The molecule has 2 amide bonds. The molecule has 0 bridgehead atoms. The van der Waals surface area contributed by atoms with Crippen LogP contribution in [0.15, 0.2) is 0 Å². The molecule has 5 atom stereocenters. The lowest BCUT2D eigenvalue weighted by atomic mass is 9.47. The summed E-state index contributed by atoms with van der Waals surface area (Å²) >= 11 is 1.49. The van der Waals surface area contributed by atoms with E-state index in [1.54, 1.807) is 0 Å². The van der Waals surface area contributed by atoms with Crippen LogP contribution in [0.2, 0.25) is 0 Å². The van der Waals surface area contributed by atoms with Crippen molar-refractivity contribution in [1.82, 2.24) is 10.3 Å². The number of thiazole rings is 1. The van der Waals surface area contributed by atoms with Gasteiger partial charge in [-0.15, -0.1) is 11.3 Å². The molecule has 0 spiro atoms. The molecule has 1 heterocycles. The molecule has 0 saturated heterocycles. The molecule has 7 nitrogen and oxygen atoms in total. The number of carbonyl (C=O) groups is 2. The Bertz CT molecular complexity index is 883. The van der Waals surface area contributed by atoms with Gasteiger partial charge in [0.1, 0.15) is 0 Å². The summed E-state index contributed by atoms with van der Waals surface area (Å²) in [5, 5.41) is 27.8. The van der Waals surface area contributed by atoms with E-state index in [2.05, 4.69) is 17.6 Å². The van der Waals surface area contributed by atoms with Crippen LogP contribution in [0.25, 0.3) is 0 Å². The van der Waals surface area contributed by atoms with Gasteiger partial charge in [-0.25, -0.2) is 4.98 Å². The fraction of sp³-hybridized carbons (Fsp3) is 0.792. The van der Waals surface area contributed by atoms with Gasteiger partial charge in [0.05, 0.1) is 18.4 Å². The van der Waals surface area contributed by atoms with Crippen molar-refractivity contribution in [2.24, 2.45) is 22.7 Å². The molecule has 8 heteroatoms. The first-order chi connectivity index (χ1) is 15.1. The van der Waals surface area contributed by atoms with E-state index in [0.29, 0.717) is 24.4 Å². The molecule has 0 aromatic carbocycles. The summed E-state index contributed by atoms with van der Waals surface area (Å²) in [6.07, 6.45) is 4.76. The van der Waals surface area contributed by atoms with Crippen molar-refractivity contribution >= 4 is 28.3 Å². The van der Waals surface area contributed by atoms with Gasteiger partial charge >= 0.3 is 0 Å². The third-order valence-electron chi connectivity index (χ3n) is 8.44. The highest BCUT2D eigenvalue weighted by atomic mass is 32.1. The van der Waals surface area contributed by atoms with E-state index < -0.39 is 11.5 Å². The minimum Gasteiger partial charge on any atom is -0.396 e. The summed E-state index contributed by atoms with van der Waals surface area (Å²) in [5.74, 6) is -0.00224. The van der Waals surface area contributed by atoms with Crippen molar-refractivity contribution < 1.29 is 19.8 Å². The van der Waals surface area contributed by atoms with E-state index in [0.717, 1.165) is 36.3 Å². The Hall–Kier alpha value is -1.51. The predicted molar refractivity (Wildman–Crippen MR) is 124 cm³/mol. The van der Waals surface area contributed by atoms with E-state index in [1.165, 1.54) is 11.3 Å². The quantitative estimate of drug-likeness (QED) is 0.518. The van der Waals surface area contributed by atoms with Crippen molar-refractivity contribution in [1.29, 1.82) is 0 Å². The van der Waals surface area contributed by atoms with E-state index in [-0.39, 0.29) is 47.6 Å². The molecule has 5 unspecified atom stereocenters. The predicted octanol–water partition coefficient (Wildman–Crippen LogP) is 3.21. The highest BCUT2D eigenvalue weighted by Gasteiger charge is 2.59. The molecule has 1 aromatic rings. The number of aliphatic hydroxyl groups is 2. The SMILES string of the molecule is CC(C)NC(=O)CC1c2nc(NC(=O)C3CCC3)sc2CC2C(C)(CO)C(O)CCC12C. The fourth-order valence-electron chi connectivity index (χ4n) is 6.14. The Morgan fingerprint density at radius 3 is 2.56 bits per heavy atom. The zero-order valence-electron chi connectivity index (χ0n) is 19.6. The first kappa shape index (κ1) is 23.6. The highest BCUT2D eigenvalue weighted by Crippen LogP contribution is 2.62. The zero-order chi connectivity index (χ0) is 23.3. The van der Waals surface area contributed by atoms with Crippen molar-refractivity contribution in [2.75, 3.05) is 11.9 Å². The molecule has 4 rings (SSSR count). The smallest absolute Gasteiger partial charge is 0.229 e. The van der Waals surface area contributed by atoms with Crippen LogP contribution in [-0.2, 0) is 16.0 Å². The van der Waals surface area contributed by atoms with Gasteiger partial charge in [-0.2, -0.15) is 0 Å². The molecule has 3 aliphatic rings. The molecule has 1 aromatic heterocycles. The molecule has 32 heavy (non-hydrogen) atoms. The molecular weight excluding hydrogens is 426 g/mol. The summed E-state index contributed by atoms with van der Waals surface area (Å²) in [4.78, 5) is 31.3. The molecule has 0 radical (unpaired) electrons. The minimum absolute atomic E-state index is 0.0114. The Morgan fingerprint density at radius 2 is 1.97 bits per heavy atom. The molecular formula is C24H37N3O4S. The summed E-state index contributed by atoms with van der Waals surface area (Å²) < 4.78 is 0. The van der Waals surface area contributed by atoms with Crippen LogP contribution in [-0.4, -0.2) is 45.8 Å². The Morgan fingerprint density at radius 1 is 1.25 bits per heavy atom. The maximum Gasteiger partial charge on any atom is 0.229 e. The van der Waals surface area contributed by atoms with Gasteiger partial charge in [0.15, 0.2) is 5.13 Å². The standard InChI is InChI=1S/C24H37N3O4S/c1-13(2)25-19(30)10-15-20-16(32-22(26-20)27-21(31)14-6-5-7-14)11-17-23(15,3)9-8-18(29)24(17,4)12-28/h13-15,17-18,28-29H,5-12H2,1-4H3,(H,25,30)(H,26,27,31). The Balaban J connectivity index is 1.70. The van der Waals surface area contributed by atoms with Crippen LogP contribution >= 0.6 is 11.3 Å². The molecule has 4 N–H and O–H groups in total. The van der Waals surface area contributed by atoms with Crippen molar-refractivity contribution in [2.45, 2.75) is 90.7 Å². The Kier molecular flexibility index (Phi) is 6.42. The number of aliphatic hydroxyl groups excluding tert-OH is 2. The van der Waals surface area contributed by atoms with Gasteiger partial charge in [0.25, 0.3) is 0 Å². The van der Waals surface area contributed by atoms with Crippen LogP contribution in [0.4, 0.5) is 5.13 Å². The third kappa shape index (κ3) is 3.99. The lowest BCUT2D eigenvalue weighted by Gasteiger charge is -2.58. The third-order valence-corrected chi connectivity index (χ3v) is 9.45. The van der Waals surface area contributed by atoms with Gasteiger partial charge in [-0.1, -0.05) is 20.3 Å². The maximum atomic E-state index is 12.9. The van der Waals surface area contributed by atoms with E-state index in [9.17, 15) is 19.8 Å². The second kappa shape index (κ2) is 8.69. The first-order valence-electron chi connectivity index (χ1n) is 12.0. The van der Waals surface area contributed by atoms with E-state index in [4.69, 9.17) is 4.98 Å². The van der Waals surface area contributed by atoms with Crippen LogP contribution in [0, 0.1) is 22.7 Å². The number of aromatic nitrogens is 1. The Labute approximate surface area is 194 Å². The van der Waals surface area contributed by atoms with Crippen LogP contribution in [0.3, 0.4) is 0 Å². The molecule has 2 saturated carbocycles. The van der Waals surface area contributed by atoms with Crippen molar-refractivity contribution in [3.8, 4) is 0 Å². The van der Waals surface area contributed by atoms with Gasteiger partial charge in [-0.3, -0.25) is 9.59 Å². The van der Waals surface area contributed by atoms with Crippen LogP contribution in [0.5, 0.6) is 0 Å². The second-order valence-corrected chi connectivity index (χ2v) is 12.0. The van der Waals surface area contributed by atoms with Gasteiger partial charge < -0.3 is 20.8 Å². The molecule has 3 aliphatic carbocycles. The summed E-state index contributed by atoms with van der Waals surface area (Å²) in [5.41, 5.74) is -0.00809. The fourth-order valence-corrected chi connectivity index (χ4v) is 7.21. The monoisotopic (exact) mass is 463 g/mol. The number of amides is 2. The average molecular weight is 464 g/mol. The lowest BCUT2D eigenvalue weighted by Crippen LogP contribution is -2.57. The average Bonchev–Trinajstić information content (AvgIpc) is 3.06. The number of rotatable bonds is 6. The second-order valence-electron chi connectivity index (χ2n) is 10.9. The van der Waals surface area contributed by atoms with Crippen molar-refractivity contribution in [3.63, 3.8) is 0 Å². The number of nitrogens with zero attached hydrogens (tertiary/aromatic N) is 1. The van der Waals surface area contributed by atoms with Gasteiger partial charge in [0.2, 0.25) is 11.8 Å². The first-order valence-corrected chi connectivity index (χ1v) is 12.8. The van der Waals surface area contributed by atoms with Gasteiger partial charge in [-0.05, 0) is 57.3 Å². The number of fused-ring (bicyclic) bond motifs is 2. The molecule has 178 valence electrons. The summed E-state index contributed by atoms with van der Waals surface area (Å²) in [6.45, 7) is 7.96. The number of hydrogen-bond acceptors (Lipinski definition) is 6.